The van der Waals surface area contributed by atoms with Crippen LogP contribution in [0.4, 0.5) is 4.39 Å². The van der Waals surface area contributed by atoms with Gasteiger partial charge in [-0.15, -0.1) is 0 Å². The molecular formula is C19H20FN3OS. The zero-order valence-electron chi connectivity index (χ0n) is 13.8. The first-order valence-electron chi connectivity index (χ1n) is 8.22. The van der Waals surface area contributed by atoms with Gasteiger partial charge in [0.1, 0.15) is 11.6 Å². The monoisotopic (exact) mass is 357 g/mol. The van der Waals surface area contributed by atoms with E-state index < -0.39 is 0 Å². The van der Waals surface area contributed by atoms with Crippen molar-refractivity contribution in [1.82, 2.24) is 15.0 Å². The number of nitrogens with zero attached hydrogens (tertiary/aromatic N) is 2. The van der Waals surface area contributed by atoms with Crippen LogP contribution in [0.5, 0.6) is 0 Å². The molecule has 0 saturated heterocycles. The maximum Gasteiger partial charge on any atom is 0.123 e. The third-order valence-corrected chi connectivity index (χ3v) is 4.83. The van der Waals surface area contributed by atoms with Crippen LogP contribution >= 0.6 is 11.8 Å². The van der Waals surface area contributed by atoms with Gasteiger partial charge in [0.05, 0.1) is 17.1 Å². The molecule has 1 aromatic carbocycles. The lowest BCUT2D eigenvalue weighted by atomic mass is 10.1. The van der Waals surface area contributed by atoms with E-state index in [1.807, 2.05) is 12.1 Å². The van der Waals surface area contributed by atoms with Crippen LogP contribution in [0, 0.1) is 5.82 Å². The first-order valence-corrected chi connectivity index (χ1v) is 9.37. The predicted octanol–water partition coefficient (Wildman–Crippen LogP) is 4.28. The zero-order valence-corrected chi connectivity index (χ0v) is 14.6. The molecule has 0 aliphatic carbocycles. The Bertz CT molecular complexity index is 790. The van der Waals surface area contributed by atoms with Gasteiger partial charge in [0.15, 0.2) is 0 Å². The van der Waals surface area contributed by atoms with Gasteiger partial charge >= 0.3 is 0 Å². The number of nitrogens with one attached hydrogen (secondary N) is 1. The molecule has 0 saturated carbocycles. The minimum Gasteiger partial charge on any atom is -0.396 e. The minimum absolute atomic E-state index is 0.238. The summed E-state index contributed by atoms with van der Waals surface area (Å²) in [7, 11) is 0. The smallest absolute Gasteiger partial charge is 0.123 e. The Morgan fingerprint density at radius 1 is 1.00 bits per heavy atom. The highest BCUT2D eigenvalue weighted by atomic mass is 32.2. The van der Waals surface area contributed by atoms with E-state index in [0.29, 0.717) is 0 Å². The fourth-order valence-electron chi connectivity index (χ4n) is 2.52. The fraction of sp³-hybridized carbons (Fsp3) is 0.263. The summed E-state index contributed by atoms with van der Waals surface area (Å²) in [5.74, 6) is 2.38. The summed E-state index contributed by atoms with van der Waals surface area (Å²) in [4.78, 5) is 12.2. The molecule has 0 bridgehead atoms. The van der Waals surface area contributed by atoms with E-state index in [1.165, 1.54) is 12.1 Å². The molecule has 25 heavy (non-hydrogen) atoms. The van der Waals surface area contributed by atoms with Crippen LogP contribution in [0.1, 0.15) is 18.7 Å². The Balaban J connectivity index is 1.85. The third-order valence-electron chi connectivity index (χ3n) is 3.78. The molecule has 2 N–H and O–H groups in total. The highest BCUT2D eigenvalue weighted by Crippen LogP contribution is 2.31. The summed E-state index contributed by atoms with van der Waals surface area (Å²) < 4.78 is 13.2. The second-order valence-electron chi connectivity index (χ2n) is 5.63. The van der Waals surface area contributed by atoms with E-state index in [4.69, 9.17) is 10.1 Å². The average molecular weight is 357 g/mol. The molecule has 4 nitrogen and oxygen atoms in total. The van der Waals surface area contributed by atoms with Gasteiger partial charge in [0, 0.05) is 30.1 Å². The number of aliphatic hydroxyl groups excluding tert-OH is 1. The van der Waals surface area contributed by atoms with E-state index in [-0.39, 0.29) is 12.4 Å². The largest absolute Gasteiger partial charge is 0.396 e. The Hall–Kier alpha value is -2.18. The van der Waals surface area contributed by atoms with E-state index in [0.717, 1.165) is 52.7 Å². The highest BCUT2D eigenvalue weighted by molar-refractivity contribution is 7.98. The maximum atomic E-state index is 13.2. The van der Waals surface area contributed by atoms with E-state index in [2.05, 4.69) is 9.97 Å². The highest BCUT2D eigenvalue weighted by Gasteiger charge is 2.14. The summed E-state index contributed by atoms with van der Waals surface area (Å²) in [5.41, 5.74) is 3.61. The summed E-state index contributed by atoms with van der Waals surface area (Å²) in [6.45, 7) is 0.238. The quantitative estimate of drug-likeness (QED) is 0.591. The van der Waals surface area contributed by atoms with Crippen molar-refractivity contribution in [2.24, 2.45) is 0 Å². The average Bonchev–Trinajstić information content (AvgIpc) is 3.07. The molecule has 0 radical (unpaired) electrons. The number of aromatic nitrogens is 3. The van der Waals surface area contributed by atoms with E-state index in [1.54, 1.807) is 36.3 Å². The number of imidazole rings is 1. The number of hydrogen-bond donors (Lipinski definition) is 2. The van der Waals surface area contributed by atoms with Crippen molar-refractivity contribution in [2.75, 3.05) is 12.4 Å². The van der Waals surface area contributed by atoms with E-state index >= 15 is 0 Å². The van der Waals surface area contributed by atoms with Crippen molar-refractivity contribution < 1.29 is 9.50 Å². The molecule has 130 valence electrons. The fourth-order valence-corrected chi connectivity index (χ4v) is 3.40. The molecule has 3 aromatic rings. The molecule has 2 heterocycles. The van der Waals surface area contributed by atoms with E-state index in [9.17, 15) is 4.39 Å². The standard InChI is InChI=1S/C19H20FN3OS/c20-16-5-3-14(4-6-16)18-19(15-7-9-21-10-8-15)23-17(22-18)13-25-12-2-1-11-24/h3-10,24H,1-2,11-13H2,(H,22,23). The number of aromatic amines is 1. The summed E-state index contributed by atoms with van der Waals surface area (Å²) >= 11 is 1.78. The topological polar surface area (TPSA) is 61.8 Å². The summed E-state index contributed by atoms with van der Waals surface area (Å²) in [6.07, 6.45) is 5.31. The molecule has 6 heteroatoms. The Morgan fingerprint density at radius 2 is 1.76 bits per heavy atom. The molecule has 0 unspecified atom stereocenters. The molecule has 0 atom stereocenters. The Morgan fingerprint density at radius 3 is 2.48 bits per heavy atom. The van der Waals surface area contributed by atoms with Crippen LogP contribution in [0.15, 0.2) is 48.8 Å². The zero-order chi connectivity index (χ0) is 17.5. The van der Waals surface area contributed by atoms with Crippen LogP contribution in [0.2, 0.25) is 0 Å². The second kappa shape index (κ2) is 8.78. The van der Waals surface area contributed by atoms with Crippen molar-refractivity contribution in [3.8, 4) is 22.5 Å². The van der Waals surface area contributed by atoms with Gasteiger partial charge in [-0.2, -0.15) is 11.8 Å². The molecule has 0 amide bonds. The maximum absolute atomic E-state index is 13.2. The second-order valence-corrected chi connectivity index (χ2v) is 6.74. The van der Waals surface area contributed by atoms with Gasteiger partial charge in [0.2, 0.25) is 0 Å². The van der Waals surface area contributed by atoms with Crippen LogP contribution < -0.4 is 0 Å². The van der Waals surface area contributed by atoms with Crippen molar-refractivity contribution in [3.05, 3.63) is 60.4 Å². The minimum atomic E-state index is -0.260. The van der Waals surface area contributed by atoms with Gasteiger partial charge in [-0.1, -0.05) is 0 Å². The first-order chi connectivity index (χ1) is 12.3. The van der Waals surface area contributed by atoms with Gasteiger partial charge in [-0.05, 0) is 55.0 Å². The molecule has 0 aliphatic heterocycles. The van der Waals surface area contributed by atoms with Crippen molar-refractivity contribution >= 4 is 11.8 Å². The van der Waals surface area contributed by atoms with Crippen molar-refractivity contribution in [2.45, 2.75) is 18.6 Å². The number of halogens is 1. The number of hydrogen-bond acceptors (Lipinski definition) is 4. The molecular weight excluding hydrogens is 337 g/mol. The van der Waals surface area contributed by atoms with Crippen LogP contribution in [0.25, 0.3) is 22.5 Å². The molecule has 2 aromatic heterocycles. The predicted molar refractivity (Wildman–Crippen MR) is 99.7 cm³/mol. The third kappa shape index (κ3) is 4.67. The Labute approximate surface area is 150 Å². The van der Waals surface area contributed by atoms with Gasteiger partial charge < -0.3 is 10.1 Å². The lowest BCUT2D eigenvalue weighted by Gasteiger charge is -2.02. The van der Waals surface area contributed by atoms with Crippen molar-refractivity contribution in [3.63, 3.8) is 0 Å². The number of H-pyrrole nitrogens is 1. The number of pyridine rings is 1. The van der Waals surface area contributed by atoms with Gasteiger partial charge in [-0.25, -0.2) is 9.37 Å². The normalized spacial score (nSPS) is 11.0. The van der Waals surface area contributed by atoms with Gasteiger partial charge in [-0.3, -0.25) is 4.98 Å². The number of aliphatic hydroxyl groups is 1. The SMILES string of the molecule is OCCCCSCc1nc(-c2ccc(F)cc2)c(-c2ccncc2)[nH]1. The molecule has 0 spiro atoms. The number of benzene rings is 1. The molecule has 3 rings (SSSR count). The van der Waals surface area contributed by atoms with Crippen LogP contribution in [-0.4, -0.2) is 32.4 Å². The number of rotatable bonds is 8. The number of unbranched alkanes of at least 4 members (excludes halogenated alkanes) is 1. The number of thioether (sulfide) groups is 1. The van der Waals surface area contributed by atoms with Crippen LogP contribution in [-0.2, 0) is 5.75 Å². The first kappa shape index (κ1) is 17.6. The summed E-state index contributed by atoms with van der Waals surface area (Å²) in [5, 5.41) is 8.83. The van der Waals surface area contributed by atoms with Crippen molar-refractivity contribution in [1.29, 1.82) is 0 Å². The molecule has 0 aliphatic rings. The van der Waals surface area contributed by atoms with Crippen LogP contribution in [0.3, 0.4) is 0 Å². The lowest BCUT2D eigenvalue weighted by Crippen LogP contribution is -1.89. The molecule has 0 fully saturated rings. The lowest BCUT2D eigenvalue weighted by molar-refractivity contribution is 0.287. The van der Waals surface area contributed by atoms with Gasteiger partial charge in [0.25, 0.3) is 0 Å². The Kier molecular flexibility index (Phi) is 6.19. The summed E-state index contributed by atoms with van der Waals surface area (Å²) in [6, 6.07) is 10.2.